The molecule has 1 aliphatic heterocycles. The van der Waals surface area contributed by atoms with E-state index >= 15 is 0 Å². The van der Waals surface area contributed by atoms with E-state index in [1.807, 2.05) is 0 Å². The lowest BCUT2D eigenvalue weighted by Gasteiger charge is -2.33. The predicted octanol–water partition coefficient (Wildman–Crippen LogP) is 4.31. The van der Waals surface area contributed by atoms with Crippen LogP contribution in [0.25, 0.3) is 10.9 Å². The van der Waals surface area contributed by atoms with Gasteiger partial charge in [0, 0.05) is 17.6 Å². The number of nitrogens with zero attached hydrogens (tertiary/aromatic N) is 1. The fourth-order valence-electron chi connectivity index (χ4n) is 3.16. The van der Waals surface area contributed by atoms with Crippen molar-refractivity contribution in [2.24, 2.45) is 5.92 Å². The van der Waals surface area contributed by atoms with Gasteiger partial charge in [-0.25, -0.2) is 0 Å². The summed E-state index contributed by atoms with van der Waals surface area (Å²) in [5, 5.41) is 3.28. The second-order valence-corrected chi connectivity index (χ2v) is 6.91. The Balaban J connectivity index is 1.60. The molecule has 158 valence electrons. The number of carbonyl (C=O) groups is 1. The molecular formula is C19H19F5N2O3. The molecule has 2 heterocycles. The van der Waals surface area contributed by atoms with Crippen molar-refractivity contribution in [1.29, 1.82) is 0 Å². The molecule has 1 N–H and O–H groups in total. The molecule has 0 spiro atoms. The van der Waals surface area contributed by atoms with Crippen molar-refractivity contribution in [1.82, 2.24) is 10.3 Å². The minimum absolute atomic E-state index is 0.00777. The van der Waals surface area contributed by atoms with E-state index in [9.17, 15) is 26.7 Å². The smallest absolute Gasteiger partial charge is 0.394 e. The summed E-state index contributed by atoms with van der Waals surface area (Å²) < 4.78 is 72.5. The number of nitrogens with one attached hydrogen (secondary N) is 1. The molecule has 0 bridgehead atoms. The lowest BCUT2D eigenvalue weighted by atomic mass is 9.95. The number of halogens is 5. The average molecular weight is 418 g/mol. The number of fused-ring (bicyclic) bond motifs is 1. The van der Waals surface area contributed by atoms with Gasteiger partial charge in [-0.2, -0.15) is 22.0 Å². The van der Waals surface area contributed by atoms with E-state index in [0.29, 0.717) is 17.3 Å². The molecule has 1 saturated heterocycles. The molecule has 29 heavy (non-hydrogen) atoms. The molecule has 1 amide bonds. The van der Waals surface area contributed by atoms with E-state index in [1.54, 1.807) is 6.07 Å². The summed E-state index contributed by atoms with van der Waals surface area (Å²) in [6, 6.07) is 5.32. The molecular weight excluding hydrogens is 399 g/mol. The molecule has 1 aliphatic rings. The average Bonchev–Trinajstić information content (AvgIpc) is 2.66. The van der Waals surface area contributed by atoms with E-state index in [-0.39, 0.29) is 24.3 Å². The van der Waals surface area contributed by atoms with Crippen LogP contribution in [-0.2, 0) is 4.74 Å². The van der Waals surface area contributed by atoms with Gasteiger partial charge in [0.05, 0.1) is 35.8 Å². The largest absolute Gasteiger partial charge is 0.435 e. The van der Waals surface area contributed by atoms with Crippen LogP contribution in [-0.4, -0.2) is 42.4 Å². The lowest BCUT2D eigenvalue weighted by molar-refractivity contribution is -0.208. The third-order valence-corrected chi connectivity index (χ3v) is 4.86. The Morgan fingerprint density at radius 2 is 2.03 bits per heavy atom. The number of benzene rings is 1. The molecule has 1 aromatic heterocycles. The van der Waals surface area contributed by atoms with Crippen LogP contribution in [0.3, 0.4) is 0 Å². The Morgan fingerprint density at radius 3 is 2.66 bits per heavy atom. The van der Waals surface area contributed by atoms with Gasteiger partial charge in [0.2, 0.25) is 0 Å². The standard InChI is InChI=1S/C19H19F5N2O3/c1-10(19(22,23)24)16-5-3-13(9-28-16)26-17(27)12-6-11-2-4-14(29-18(20)21)7-15(11)25-8-12/h2,4,6-8,10,13,16,18H,3,5,9H2,1H3,(H,26,27)/t10?,13-,16+/m1/s1. The quantitative estimate of drug-likeness (QED) is 0.736. The van der Waals surface area contributed by atoms with Crippen LogP contribution in [0.15, 0.2) is 30.5 Å². The summed E-state index contributed by atoms with van der Waals surface area (Å²) in [6.45, 7) is -1.87. The summed E-state index contributed by atoms with van der Waals surface area (Å²) in [6.07, 6.45) is -3.39. The minimum Gasteiger partial charge on any atom is -0.435 e. The third-order valence-electron chi connectivity index (χ3n) is 4.86. The number of aromatic nitrogens is 1. The third kappa shape index (κ3) is 5.31. The molecule has 0 saturated carbocycles. The second kappa shape index (κ2) is 8.48. The Hall–Kier alpha value is -2.49. The highest BCUT2D eigenvalue weighted by Gasteiger charge is 2.43. The van der Waals surface area contributed by atoms with E-state index in [0.717, 1.165) is 6.92 Å². The number of rotatable bonds is 5. The van der Waals surface area contributed by atoms with Crippen LogP contribution >= 0.6 is 0 Å². The maximum absolute atomic E-state index is 12.8. The first-order valence-electron chi connectivity index (χ1n) is 8.97. The van der Waals surface area contributed by atoms with Crippen molar-refractivity contribution in [3.8, 4) is 5.75 Å². The summed E-state index contributed by atoms with van der Waals surface area (Å²) in [5.74, 6) is -2.05. The Bertz CT molecular complexity index is 867. The molecule has 10 heteroatoms. The summed E-state index contributed by atoms with van der Waals surface area (Å²) in [4.78, 5) is 16.5. The van der Waals surface area contributed by atoms with Gasteiger partial charge < -0.3 is 14.8 Å². The van der Waals surface area contributed by atoms with Gasteiger partial charge in [-0.1, -0.05) is 6.92 Å². The number of carbonyl (C=O) groups excluding carboxylic acids is 1. The summed E-state index contributed by atoms with van der Waals surface area (Å²) in [7, 11) is 0. The molecule has 1 aromatic carbocycles. The highest BCUT2D eigenvalue weighted by Crippen LogP contribution is 2.33. The molecule has 3 rings (SSSR count). The number of alkyl halides is 5. The maximum atomic E-state index is 12.8. The molecule has 3 atom stereocenters. The minimum atomic E-state index is -4.32. The van der Waals surface area contributed by atoms with Gasteiger partial charge in [0.15, 0.2) is 0 Å². The zero-order valence-electron chi connectivity index (χ0n) is 15.4. The molecule has 0 aliphatic carbocycles. The number of hydrogen-bond acceptors (Lipinski definition) is 4. The number of hydrogen-bond donors (Lipinski definition) is 1. The molecule has 0 radical (unpaired) electrons. The fourth-order valence-corrected chi connectivity index (χ4v) is 3.16. The Morgan fingerprint density at radius 1 is 1.28 bits per heavy atom. The molecule has 2 aromatic rings. The zero-order chi connectivity index (χ0) is 21.2. The van der Waals surface area contributed by atoms with E-state index < -0.39 is 36.8 Å². The maximum Gasteiger partial charge on any atom is 0.394 e. The van der Waals surface area contributed by atoms with Crippen molar-refractivity contribution in [3.05, 3.63) is 36.0 Å². The highest BCUT2D eigenvalue weighted by atomic mass is 19.4. The second-order valence-electron chi connectivity index (χ2n) is 6.91. The fraction of sp³-hybridized carbons (Fsp3) is 0.474. The van der Waals surface area contributed by atoms with Crippen molar-refractivity contribution >= 4 is 16.8 Å². The van der Waals surface area contributed by atoms with Crippen molar-refractivity contribution < 1.29 is 36.2 Å². The van der Waals surface area contributed by atoms with Crippen LogP contribution in [0.2, 0.25) is 0 Å². The van der Waals surface area contributed by atoms with Crippen LogP contribution < -0.4 is 10.1 Å². The predicted molar refractivity (Wildman–Crippen MR) is 93.8 cm³/mol. The van der Waals surface area contributed by atoms with Gasteiger partial charge in [-0.15, -0.1) is 0 Å². The number of pyridine rings is 1. The van der Waals surface area contributed by atoms with Crippen LogP contribution in [0.5, 0.6) is 5.75 Å². The van der Waals surface area contributed by atoms with Crippen LogP contribution in [0.1, 0.15) is 30.1 Å². The normalized spacial score (nSPS) is 21.2. The highest BCUT2D eigenvalue weighted by molar-refractivity contribution is 5.97. The Labute approximate surface area is 163 Å². The van der Waals surface area contributed by atoms with Crippen molar-refractivity contribution in [3.63, 3.8) is 0 Å². The van der Waals surface area contributed by atoms with Gasteiger partial charge in [-0.3, -0.25) is 9.78 Å². The first-order valence-corrected chi connectivity index (χ1v) is 8.97. The first-order chi connectivity index (χ1) is 13.6. The van der Waals surface area contributed by atoms with E-state index in [2.05, 4.69) is 15.0 Å². The van der Waals surface area contributed by atoms with Crippen molar-refractivity contribution in [2.75, 3.05) is 6.61 Å². The lowest BCUT2D eigenvalue weighted by Crippen LogP contribution is -2.46. The topological polar surface area (TPSA) is 60.5 Å². The van der Waals surface area contributed by atoms with Gasteiger partial charge >= 0.3 is 12.8 Å². The number of ether oxygens (including phenoxy) is 2. The first kappa shape index (κ1) is 21.2. The number of amides is 1. The molecule has 1 fully saturated rings. The Kier molecular flexibility index (Phi) is 6.21. The summed E-state index contributed by atoms with van der Waals surface area (Å²) in [5.41, 5.74) is 0.621. The van der Waals surface area contributed by atoms with Crippen LogP contribution in [0, 0.1) is 5.92 Å². The van der Waals surface area contributed by atoms with Crippen LogP contribution in [0.4, 0.5) is 22.0 Å². The summed E-state index contributed by atoms with van der Waals surface area (Å²) >= 11 is 0. The van der Waals surface area contributed by atoms with E-state index in [4.69, 9.17) is 4.74 Å². The van der Waals surface area contributed by atoms with Gasteiger partial charge in [0.25, 0.3) is 5.91 Å². The zero-order valence-corrected chi connectivity index (χ0v) is 15.4. The molecule has 1 unspecified atom stereocenters. The monoisotopic (exact) mass is 418 g/mol. The van der Waals surface area contributed by atoms with Gasteiger partial charge in [-0.05, 0) is 31.0 Å². The van der Waals surface area contributed by atoms with E-state index in [1.165, 1.54) is 24.4 Å². The molecule has 5 nitrogen and oxygen atoms in total. The van der Waals surface area contributed by atoms with Crippen molar-refractivity contribution in [2.45, 2.75) is 44.7 Å². The van der Waals surface area contributed by atoms with Gasteiger partial charge in [0.1, 0.15) is 5.75 Å². The SMILES string of the molecule is CC([C@@H]1CC[C@@H](NC(=O)c2cnc3cc(OC(F)F)ccc3c2)CO1)C(F)(F)F.